The maximum absolute atomic E-state index is 5.90. The summed E-state index contributed by atoms with van der Waals surface area (Å²) >= 11 is 5.18. The lowest BCUT2D eigenvalue weighted by molar-refractivity contribution is 0.179. The number of rotatable bonds is 9. The molecule has 0 bridgehead atoms. The van der Waals surface area contributed by atoms with Crippen molar-refractivity contribution in [1.82, 2.24) is 10.7 Å². The van der Waals surface area contributed by atoms with Crippen LogP contribution in [-0.2, 0) is 11.3 Å². The van der Waals surface area contributed by atoms with Crippen LogP contribution in [0.2, 0.25) is 0 Å². The van der Waals surface area contributed by atoms with Gasteiger partial charge in [-0.2, -0.15) is 5.10 Å². The van der Waals surface area contributed by atoms with E-state index in [1.807, 2.05) is 55.5 Å². The minimum atomic E-state index is 0.101. The average Bonchev–Trinajstić information content (AvgIpc) is 2.67. The molecule has 0 heterocycles. The Bertz CT molecular complexity index is 753. The summed E-state index contributed by atoms with van der Waals surface area (Å²) in [5.74, 6) is 1.32. The van der Waals surface area contributed by atoms with Crippen molar-refractivity contribution in [2.75, 3.05) is 20.8 Å². The molecule has 0 spiro atoms. The van der Waals surface area contributed by atoms with Crippen molar-refractivity contribution in [3.8, 4) is 11.5 Å². The molecule has 0 aliphatic heterocycles. The number of hydrazone groups is 1. The summed E-state index contributed by atoms with van der Waals surface area (Å²) in [5, 5.41) is 7.66. The first-order valence-corrected chi connectivity index (χ1v) is 8.96. The van der Waals surface area contributed by atoms with E-state index in [4.69, 9.17) is 26.4 Å². The standard InChI is InChI=1S/C20H25N3O3S/c1-15(13-24-2)22-20(27)23-21-12-17-9-10-18(25-3)19(11-17)26-14-16-7-5-4-6-8-16/h4-12,15H,13-14H2,1-3H3,(H2,22,23,27)/b21-12-/t15-/m0/s1. The zero-order valence-corrected chi connectivity index (χ0v) is 16.6. The second-order valence-corrected chi connectivity index (χ2v) is 6.29. The van der Waals surface area contributed by atoms with E-state index in [0.29, 0.717) is 29.8 Å². The van der Waals surface area contributed by atoms with E-state index in [-0.39, 0.29) is 6.04 Å². The summed E-state index contributed by atoms with van der Waals surface area (Å²) in [6.45, 7) is 2.99. The lowest BCUT2D eigenvalue weighted by atomic mass is 10.2. The average molecular weight is 388 g/mol. The van der Waals surface area contributed by atoms with Crippen molar-refractivity contribution >= 4 is 23.5 Å². The SMILES string of the molecule is COC[C@H](C)NC(=S)N/N=C\c1ccc(OC)c(OCc2ccccc2)c1. The highest BCUT2D eigenvalue weighted by molar-refractivity contribution is 7.80. The van der Waals surface area contributed by atoms with Gasteiger partial charge >= 0.3 is 0 Å². The van der Waals surface area contributed by atoms with Gasteiger partial charge in [-0.15, -0.1) is 0 Å². The Morgan fingerprint density at radius 3 is 2.63 bits per heavy atom. The number of hydrogen-bond acceptors (Lipinski definition) is 5. The Kier molecular flexibility index (Phi) is 8.54. The maximum atomic E-state index is 5.90. The number of methoxy groups -OCH3 is 2. The molecule has 2 rings (SSSR count). The molecule has 0 aliphatic carbocycles. The van der Waals surface area contributed by atoms with Crippen molar-refractivity contribution in [3.05, 3.63) is 59.7 Å². The molecule has 1 atom stereocenters. The summed E-state index contributed by atoms with van der Waals surface area (Å²) in [5.41, 5.74) is 4.73. The Morgan fingerprint density at radius 1 is 1.15 bits per heavy atom. The van der Waals surface area contributed by atoms with Crippen molar-refractivity contribution < 1.29 is 14.2 Å². The summed E-state index contributed by atoms with van der Waals surface area (Å²) < 4.78 is 16.3. The molecule has 0 saturated carbocycles. The van der Waals surface area contributed by atoms with Gasteiger partial charge in [-0.25, -0.2) is 0 Å². The van der Waals surface area contributed by atoms with Crippen molar-refractivity contribution in [1.29, 1.82) is 0 Å². The largest absolute Gasteiger partial charge is 0.493 e. The summed E-state index contributed by atoms with van der Waals surface area (Å²) in [6, 6.07) is 15.7. The first-order chi connectivity index (χ1) is 13.1. The van der Waals surface area contributed by atoms with Gasteiger partial charge in [0.05, 0.1) is 19.9 Å². The van der Waals surface area contributed by atoms with Gasteiger partial charge in [-0.3, -0.25) is 5.43 Å². The number of thiocarbonyl (C=S) groups is 1. The molecule has 27 heavy (non-hydrogen) atoms. The number of nitrogens with one attached hydrogen (secondary N) is 2. The highest BCUT2D eigenvalue weighted by Crippen LogP contribution is 2.28. The zero-order chi connectivity index (χ0) is 19.5. The maximum Gasteiger partial charge on any atom is 0.187 e. The van der Waals surface area contributed by atoms with Crippen LogP contribution >= 0.6 is 12.2 Å². The van der Waals surface area contributed by atoms with E-state index >= 15 is 0 Å². The van der Waals surface area contributed by atoms with Gasteiger partial charge in [0, 0.05) is 13.2 Å². The molecule has 2 N–H and O–H groups in total. The molecule has 144 valence electrons. The minimum absolute atomic E-state index is 0.101. The topological polar surface area (TPSA) is 64.1 Å². The smallest absolute Gasteiger partial charge is 0.187 e. The normalized spacial score (nSPS) is 11.8. The molecule has 2 aromatic carbocycles. The molecule has 7 heteroatoms. The number of ether oxygens (including phenoxy) is 3. The monoisotopic (exact) mass is 387 g/mol. The summed E-state index contributed by atoms with van der Waals surface area (Å²) in [4.78, 5) is 0. The fraction of sp³-hybridized carbons (Fsp3) is 0.300. The first kappa shape index (κ1) is 20.7. The van der Waals surface area contributed by atoms with Crippen LogP contribution in [0, 0.1) is 0 Å². The lowest BCUT2D eigenvalue weighted by Gasteiger charge is -2.14. The molecule has 6 nitrogen and oxygen atoms in total. The van der Waals surface area contributed by atoms with Gasteiger partial charge in [-0.05, 0) is 48.5 Å². The van der Waals surface area contributed by atoms with Crippen LogP contribution in [0.1, 0.15) is 18.1 Å². The fourth-order valence-corrected chi connectivity index (χ4v) is 2.59. The van der Waals surface area contributed by atoms with Gasteiger partial charge in [-0.1, -0.05) is 30.3 Å². The van der Waals surface area contributed by atoms with Gasteiger partial charge in [0.25, 0.3) is 0 Å². The Balaban J connectivity index is 1.96. The predicted octanol–water partition coefficient (Wildman–Crippen LogP) is 3.11. The lowest BCUT2D eigenvalue weighted by Crippen LogP contribution is -2.40. The number of benzene rings is 2. The van der Waals surface area contributed by atoms with Gasteiger partial charge in [0.2, 0.25) is 0 Å². The van der Waals surface area contributed by atoms with Crippen LogP contribution in [-0.4, -0.2) is 38.2 Å². The van der Waals surface area contributed by atoms with Crippen molar-refractivity contribution in [2.24, 2.45) is 5.10 Å². The molecule has 0 unspecified atom stereocenters. The van der Waals surface area contributed by atoms with Gasteiger partial charge in [0.1, 0.15) is 6.61 Å². The van der Waals surface area contributed by atoms with Crippen LogP contribution in [0.5, 0.6) is 11.5 Å². The quantitative estimate of drug-likeness (QED) is 0.392. The van der Waals surface area contributed by atoms with Gasteiger partial charge < -0.3 is 19.5 Å². The third-order valence-corrected chi connectivity index (χ3v) is 3.81. The molecular weight excluding hydrogens is 362 g/mol. The minimum Gasteiger partial charge on any atom is -0.493 e. The highest BCUT2D eigenvalue weighted by atomic mass is 32.1. The Hall–Kier alpha value is -2.64. The molecule has 0 aliphatic rings. The van der Waals surface area contributed by atoms with Crippen LogP contribution in [0.25, 0.3) is 0 Å². The Labute approximate surface area is 165 Å². The predicted molar refractivity (Wildman–Crippen MR) is 112 cm³/mol. The molecule has 0 amide bonds. The summed E-state index contributed by atoms with van der Waals surface area (Å²) in [6.07, 6.45) is 1.67. The molecule has 0 aromatic heterocycles. The van der Waals surface area contributed by atoms with Crippen LogP contribution in [0.3, 0.4) is 0 Å². The third-order valence-electron chi connectivity index (χ3n) is 3.60. The van der Waals surface area contributed by atoms with Crippen LogP contribution in [0.4, 0.5) is 0 Å². The van der Waals surface area contributed by atoms with E-state index in [2.05, 4.69) is 15.8 Å². The number of hydrogen-bond donors (Lipinski definition) is 2. The fourth-order valence-electron chi connectivity index (χ4n) is 2.33. The third kappa shape index (κ3) is 7.24. The van der Waals surface area contributed by atoms with E-state index < -0.39 is 0 Å². The van der Waals surface area contributed by atoms with Crippen LogP contribution < -0.4 is 20.2 Å². The van der Waals surface area contributed by atoms with E-state index in [1.165, 1.54) is 0 Å². The number of nitrogens with zero attached hydrogens (tertiary/aromatic N) is 1. The zero-order valence-electron chi connectivity index (χ0n) is 15.8. The first-order valence-electron chi connectivity index (χ1n) is 8.55. The van der Waals surface area contributed by atoms with Crippen molar-refractivity contribution in [2.45, 2.75) is 19.6 Å². The summed E-state index contributed by atoms with van der Waals surface area (Å²) in [7, 11) is 3.26. The molecular formula is C20H25N3O3S. The Morgan fingerprint density at radius 2 is 1.93 bits per heavy atom. The van der Waals surface area contributed by atoms with E-state index in [0.717, 1.165) is 11.1 Å². The highest BCUT2D eigenvalue weighted by Gasteiger charge is 2.06. The van der Waals surface area contributed by atoms with E-state index in [1.54, 1.807) is 20.4 Å². The molecule has 0 saturated heterocycles. The van der Waals surface area contributed by atoms with Gasteiger partial charge in [0.15, 0.2) is 16.6 Å². The second-order valence-electron chi connectivity index (χ2n) is 5.88. The molecule has 0 fully saturated rings. The molecule has 2 aromatic rings. The second kappa shape index (κ2) is 11.2. The molecule has 0 radical (unpaired) electrons. The van der Waals surface area contributed by atoms with Crippen molar-refractivity contribution in [3.63, 3.8) is 0 Å². The van der Waals surface area contributed by atoms with E-state index in [9.17, 15) is 0 Å². The van der Waals surface area contributed by atoms with Crippen LogP contribution in [0.15, 0.2) is 53.6 Å².